The molecule has 1 N–H and O–H groups in total. The normalized spacial score (nSPS) is 21.8. The fraction of sp³-hybridized carbons (Fsp3) is 0.346. The SMILES string of the molecule is C=C(/C=C\C)C(=O)NC1CCOC(C2c3ccccc3CCc3ccccc32)C1. The van der Waals surface area contributed by atoms with E-state index in [1.165, 1.54) is 22.3 Å². The lowest BCUT2D eigenvalue weighted by atomic mass is 9.80. The van der Waals surface area contributed by atoms with Crippen LogP contribution in [0.1, 0.15) is 47.9 Å². The molecule has 2 unspecified atom stereocenters. The molecule has 1 saturated heterocycles. The van der Waals surface area contributed by atoms with Gasteiger partial charge in [-0.1, -0.05) is 67.3 Å². The summed E-state index contributed by atoms with van der Waals surface area (Å²) in [7, 11) is 0. The number of allylic oxidation sites excluding steroid dienone is 1. The molecule has 1 aliphatic heterocycles. The maximum atomic E-state index is 12.4. The summed E-state index contributed by atoms with van der Waals surface area (Å²) >= 11 is 0. The van der Waals surface area contributed by atoms with Crippen LogP contribution in [-0.4, -0.2) is 24.7 Å². The molecule has 0 aromatic heterocycles. The van der Waals surface area contributed by atoms with Gasteiger partial charge in [-0.25, -0.2) is 0 Å². The van der Waals surface area contributed by atoms with Crippen LogP contribution in [0.4, 0.5) is 0 Å². The van der Waals surface area contributed by atoms with Gasteiger partial charge in [0.2, 0.25) is 0 Å². The Labute approximate surface area is 173 Å². The molecule has 0 saturated carbocycles. The number of aryl methyl sites for hydroxylation is 2. The predicted molar refractivity (Wildman–Crippen MR) is 117 cm³/mol. The van der Waals surface area contributed by atoms with Crippen molar-refractivity contribution in [1.29, 1.82) is 0 Å². The molecule has 3 heteroatoms. The van der Waals surface area contributed by atoms with Crippen molar-refractivity contribution in [2.45, 2.75) is 50.7 Å². The number of rotatable bonds is 4. The van der Waals surface area contributed by atoms with Crippen molar-refractivity contribution >= 4 is 5.91 Å². The van der Waals surface area contributed by atoms with Crippen LogP contribution < -0.4 is 5.32 Å². The average molecular weight is 388 g/mol. The molecule has 1 aliphatic carbocycles. The monoisotopic (exact) mass is 387 g/mol. The Bertz CT molecular complexity index is 882. The Morgan fingerprint density at radius 3 is 2.31 bits per heavy atom. The van der Waals surface area contributed by atoms with Crippen molar-refractivity contribution in [2.24, 2.45) is 0 Å². The van der Waals surface area contributed by atoms with E-state index in [-0.39, 0.29) is 24.0 Å². The second-order valence-corrected chi connectivity index (χ2v) is 8.00. The highest BCUT2D eigenvalue weighted by molar-refractivity contribution is 5.95. The molecule has 2 aromatic carbocycles. The fourth-order valence-electron chi connectivity index (χ4n) is 4.71. The highest BCUT2D eigenvalue weighted by Crippen LogP contribution is 2.40. The van der Waals surface area contributed by atoms with Gasteiger partial charge in [-0.3, -0.25) is 4.79 Å². The van der Waals surface area contributed by atoms with E-state index in [9.17, 15) is 4.79 Å². The first-order valence-corrected chi connectivity index (χ1v) is 10.6. The number of ether oxygens (including phenoxy) is 1. The summed E-state index contributed by atoms with van der Waals surface area (Å²) in [6, 6.07) is 17.6. The highest BCUT2D eigenvalue weighted by atomic mass is 16.5. The van der Waals surface area contributed by atoms with Gasteiger partial charge in [-0.2, -0.15) is 0 Å². The first-order valence-electron chi connectivity index (χ1n) is 10.6. The Morgan fingerprint density at radius 2 is 1.69 bits per heavy atom. The maximum absolute atomic E-state index is 12.4. The molecule has 0 radical (unpaired) electrons. The first-order chi connectivity index (χ1) is 14.2. The van der Waals surface area contributed by atoms with Crippen LogP contribution >= 0.6 is 0 Å². The molecule has 0 bridgehead atoms. The van der Waals surface area contributed by atoms with E-state index in [0.29, 0.717) is 12.2 Å². The summed E-state index contributed by atoms with van der Waals surface area (Å²) in [4.78, 5) is 12.4. The minimum Gasteiger partial charge on any atom is -0.377 e. The van der Waals surface area contributed by atoms with Gasteiger partial charge in [0.25, 0.3) is 5.91 Å². The van der Waals surface area contributed by atoms with Crippen LogP contribution in [0, 0.1) is 0 Å². The van der Waals surface area contributed by atoms with Crippen molar-refractivity contribution in [3.8, 4) is 0 Å². The maximum Gasteiger partial charge on any atom is 0.250 e. The van der Waals surface area contributed by atoms with E-state index in [0.717, 1.165) is 25.7 Å². The second-order valence-electron chi connectivity index (χ2n) is 8.00. The van der Waals surface area contributed by atoms with Gasteiger partial charge in [0.1, 0.15) is 0 Å². The Morgan fingerprint density at radius 1 is 1.07 bits per heavy atom. The summed E-state index contributed by atoms with van der Waals surface area (Å²) < 4.78 is 6.32. The molecule has 29 heavy (non-hydrogen) atoms. The van der Waals surface area contributed by atoms with Crippen molar-refractivity contribution in [3.63, 3.8) is 0 Å². The van der Waals surface area contributed by atoms with E-state index in [1.54, 1.807) is 6.08 Å². The van der Waals surface area contributed by atoms with Crippen LogP contribution in [0.5, 0.6) is 0 Å². The van der Waals surface area contributed by atoms with Gasteiger partial charge in [0.05, 0.1) is 6.10 Å². The molecule has 150 valence electrons. The number of hydrogen-bond donors (Lipinski definition) is 1. The summed E-state index contributed by atoms with van der Waals surface area (Å²) in [5.74, 6) is 0.110. The zero-order valence-corrected chi connectivity index (χ0v) is 17.1. The van der Waals surface area contributed by atoms with Crippen LogP contribution in [0.15, 0.2) is 72.8 Å². The Hall–Kier alpha value is -2.65. The van der Waals surface area contributed by atoms with Gasteiger partial charge in [-0.15, -0.1) is 0 Å². The average Bonchev–Trinajstić information content (AvgIpc) is 2.91. The van der Waals surface area contributed by atoms with Crippen molar-refractivity contribution in [3.05, 3.63) is 95.1 Å². The molecule has 0 spiro atoms. The molecule has 3 nitrogen and oxygen atoms in total. The Kier molecular flexibility index (Phi) is 5.96. The molecule has 2 aliphatic rings. The van der Waals surface area contributed by atoms with E-state index in [2.05, 4.69) is 60.4 Å². The summed E-state index contributed by atoms with van der Waals surface area (Å²) in [6.07, 6.45) is 7.39. The standard InChI is InChI=1S/C26H29NO2/c1-3-8-18(2)26(28)27-21-15-16-29-24(17-21)25-22-11-6-4-9-19(22)13-14-20-10-5-7-12-23(20)25/h3-12,21,24-25H,2,13-17H2,1H3,(H,27,28)/b8-3-. The number of hydrogen-bond acceptors (Lipinski definition) is 2. The highest BCUT2D eigenvalue weighted by Gasteiger charge is 2.35. The largest absolute Gasteiger partial charge is 0.377 e. The van der Waals surface area contributed by atoms with Crippen molar-refractivity contribution < 1.29 is 9.53 Å². The molecule has 1 fully saturated rings. The van der Waals surface area contributed by atoms with Crippen molar-refractivity contribution in [2.75, 3.05) is 6.61 Å². The quantitative estimate of drug-likeness (QED) is 0.609. The lowest BCUT2D eigenvalue weighted by Crippen LogP contribution is -2.44. The predicted octanol–water partition coefficient (Wildman–Crippen LogP) is 4.71. The van der Waals surface area contributed by atoms with E-state index >= 15 is 0 Å². The molecule has 4 rings (SSSR count). The zero-order chi connectivity index (χ0) is 20.2. The third kappa shape index (κ3) is 4.20. The molecule has 2 aromatic rings. The van der Waals surface area contributed by atoms with Crippen LogP contribution in [0.3, 0.4) is 0 Å². The molecule has 2 atom stereocenters. The Balaban J connectivity index is 1.62. The molecule has 1 heterocycles. The third-order valence-electron chi connectivity index (χ3n) is 6.13. The fourth-order valence-corrected chi connectivity index (χ4v) is 4.71. The lowest BCUT2D eigenvalue weighted by molar-refractivity contribution is -0.119. The number of carbonyl (C=O) groups excluding carboxylic acids is 1. The van der Waals surface area contributed by atoms with Gasteiger partial charge in [0, 0.05) is 24.1 Å². The van der Waals surface area contributed by atoms with Gasteiger partial charge >= 0.3 is 0 Å². The third-order valence-corrected chi connectivity index (χ3v) is 6.13. The molecular formula is C26H29NO2. The minimum absolute atomic E-state index is 0.0458. The van der Waals surface area contributed by atoms with Gasteiger partial charge < -0.3 is 10.1 Å². The number of amides is 1. The van der Waals surface area contributed by atoms with Gasteiger partial charge in [0.15, 0.2) is 0 Å². The van der Waals surface area contributed by atoms with Crippen LogP contribution in [0.2, 0.25) is 0 Å². The topological polar surface area (TPSA) is 38.3 Å². The summed E-state index contributed by atoms with van der Waals surface area (Å²) in [6.45, 7) is 6.41. The summed E-state index contributed by atoms with van der Waals surface area (Å²) in [5, 5.41) is 3.17. The van der Waals surface area contributed by atoms with E-state index in [1.807, 2.05) is 13.0 Å². The summed E-state index contributed by atoms with van der Waals surface area (Å²) in [5.41, 5.74) is 6.05. The molecular weight excluding hydrogens is 358 g/mol. The second kappa shape index (κ2) is 8.79. The van der Waals surface area contributed by atoms with Crippen molar-refractivity contribution in [1.82, 2.24) is 5.32 Å². The minimum atomic E-state index is -0.0876. The first kappa shape index (κ1) is 19.7. The zero-order valence-electron chi connectivity index (χ0n) is 17.1. The number of nitrogens with one attached hydrogen (secondary N) is 1. The lowest BCUT2D eigenvalue weighted by Gasteiger charge is -2.36. The van der Waals surface area contributed by atoms with Crippen LogP contribution in [-0.2, 0) is 22.4 Å². The smallest absolute Gasteiger partial charge is 0.250 e. The number of benzene rings is 2. The van der Waals surface area contributed by atoms with Crippen LogP contribution in [0.25, 0.3) is 0 Å². The van der Waals surface area contributed by atoms with E-state index < -0.39 is 0 Å². The van der Waals surface area contributed by atoms with Gasteiger partial charge in [-0.05, 0) is 54.9 Å². The number of carbonyl (C=O) groups is 1. The molecule has 1 amide bonds. The van der Waals surface area contributed by atoms with E-state index in [4.69, 9.17) is 4.74 Å². The number of fused-ring (bicyclic) bond motifs is 2.